The van der Waals surface area contributed by atoms with Crippen LogP contribution < -0.4 is 15.4 Å². The zero-order valence-electron chi connectivity index (χ0n) is 17.0. The molecule has 30 heavy (non-hydrogen) atoms. The lowest BCUT2D eigenvalue weighted by Crippen LogP contribution is -2.48. The van der Waals surface area contributed by atoms with E-state index in [2.05, 4.69) is 20.5 Å². The highest BCUT2D eigenvalue weighted by molar-refractivity contribution is 14.0. The molecule has 0 unspecified atom stereocenters. The van der Waals surface area contributed by atoms with E-state index >= 15 is 0 Å². The molecule has 1 fully saturated rings. The van der Waals surface area contributed by atoms with Crippen molar-refractivity contribution in [1.29, 1.82) is 0 Å². The maximum absolute atomic E-state index is 11.1. The van der Waals surface area contributed by atoms with Crippen LogP contribution in [0.5, 0.6) is 5.75 Å². The summed E-state index contributed by atoms with van der Waals surface area (Å²) in [5.74, 6) is 1.75. The summed E-state index contributed by atoms with van der Waals surface area (Å²) in [7, 11) is 1.77. The monoisotopic (exact) mass is 525 g/mol. The van der Waals surface area contributed by atoms with Gasteiger partial charge in [-0.3, -0.25) is 15.1 Å². The number of anilines is 1. The van der Waals surface area contributed by atoms with E-state index in [-0.39, 0.29) is 40.7 Å². The average Bonchev–Trinajstić information content (AvgIpc) is 2.75. The number of nitrogens with zero attached hydrogens (tertiary/aromatic N) is 3. The first-order chi connectivity index (χ1) is 14.2. The summed E-state index contributed by atoms with van der Waals surface area (Å²) in [6, 6.07) is 16.6. The summed E-state index contributed by atoms with van der Waals surface area (Å²) >= 11 is 0. The van der Waals surface area contributed by atoms with Gasteiger partial charge in [0.05, 0.1) is 4.92 Å². The van der Waals surface area contributed by atoms with Crippen LogP contribution in [0.4, 0.5) is 11.4 Å². The maximum Gasteiger partial charge on any atom is 0.292 e. The van der Waals surface area contributed by atoms with E-state index in [0.29, 0.717) is 18.8 Å². The van der Waals surface area contributed by atoms with Crippen LogP contribution in [0.2, 0.25) is 0 Å². The molecule has 9 heteroatoms. The van der Waals surface area contributed by atoms with Gasteiger partial charge in [-0.1, -0.05) is 30.3 Å². The SMILES string of the molecule is CN=C(NCCNc1ccccc1[N+](=O)[O-])N1CCC(Oc2ccccc2)CC1.I. The van der Waals surface area contributed by atoms with E-state index in [0.717, 1.165) is 37.6 Å². The van der Waals surface area contributed by atoms with Crippen LogP contribution in [0.15, 0.2) is 59.6 Å². The molecule has 8 nitrogen and oxygen atoms in total. The van der Waals surface area contributed by atoms with Crippen LogP contribution in [0.25, 0.3) is 0 Å². The average molecular weight is 525 g/mol. The number of nitro benzene ring substituents is 1. The minimum atomic E-state index is -0.379. The lowest BCUT2D eigenvalue weighted by Gasteiger charge is -2.34. The second-order valence-corrected chi connectivity index (χ2v) is 6.79. The van der Waals surface area contributed by atoms with Crippen LogP contribution in [0.3, 0.4) is 0 Å². The predicted molar refractivity (Wildman–Crippen MR) is 130 cm³/mol. The van der Waals surface area contributed by atoms with Gasteiger partial charge in [-0.05, 0) is 18.2 Å². The van der Waals surface area contributed by atoms with Crippen molar-refractivity contribution in [2.45, 2.75) is 18.9 Å². The molecule has 1 heterocycles. The van der Waals surface area contributed by atoms with Gasteiger partial charge in [0.1, 0.15) is 17.5 Å². The van der Waals surface area contributed by atoms with Crippen molar-refractivity contribution in [3.05, 3.63) is 64.7 Å². The number of guanidine groups is 1. The third-order valence-corrected chi connectivity index (χ3v) is 4.82. The zero-order valence-corrected chi connectivity index (χ0v) is 19.3. The highest BCUT2D eigenvalue weighted by Crippen LogP contribution is 2.22. The molecule has 0 aromatic heterocycles. The van der Waals surface area contributed by atoms with Gasteiger partial charge in [0.2, 0.25) is 0 Å². The Kier molecular flexibility index (Phi) is 9.65. The van der Waals surface area contributed by atoms with Crippen LogP contribution in [0.1, 0.15) is 12.8 Å². The first-order valence-corrected chi connectivity index (χ1v) is 9.82. The molecular formula is C21H28IN5O3. The topological polar surface area (TPSA) is 92.0 Å². The largest absolute Gasteiger partial charge is 0.490 e. The first kappa shape index (κ1) is 23.7. The number of nitrogens with one attached hydrogen (secondary N) is 2. The minimum Gasteiger partial charge on any atom is -0.490 e. The third kappa shape index (κ3) is 6.75. The van der Waals surface area contributed by atoms with Gasteiger partial charge in [0.15, 0.2) is 5.96 Å². The molecule has 0 bridgehead atoms. The smallest absolute Gasteiger partial charge is 0.292 e. The van der Waals surface area contributed by atoms with Crippen molar-refractivity contribution < 1.29 is 9.66 Å². The maximum atomic E-state index is 11.1. The van der Waals surface area contributed by atoms with Crippen LogP contribution >= 0.6 is 24.0 Å². The molecule has 0 radical (unpaired) electrons. The minimum absolute atomic E-state index is 0. The summed E-state index contributed by atoms with van der Waals surface area (Å²) < 4.78 is 6.04. The fourth-order valence-corrected chi connectivity index (χ4v) is 3.36. The summed E-state index contributed by atoms with van der Waals surface area (Å²) in [5.41, 5.74) is 0.602. The van der Waals surface area contributed by atoms with Gasteiger partial charge >= 0.3 is 0 Å². The van der Waals surface area contributed by atoms with Crippen molar-refractivity contribution >= 4 is 41.3 Å². The molecule has 162 valence electrons. The lowest BCUT2D eigenvalue weighted by molar-refractivity contribution is -0.384. The molecule has 0 aliphatic carbocycles. The van der Waals surface area contributed by atoms with Crippen molar-refractivity contribution in [3.63, 3.8) is 0 Å². The Bertz CT molecular complexity index is 826. The van der Waals surface area contributed by atoms with Crippen molar-refractivity contribution in [2.75, 3.05) is 38.5 Å². The standard InChI is InChI=1S/C21H27N5O3.HI/c1-22-21(24-14-13-23-19-9-5-6-10-20(19)26(27)28)25-15-11-18(12-16-25)29-17-7-3-2-4-8-17;/h2-10,18,23H,11-16H2,1H3,(H,22,24);1H. The van der Waals surface area contributed by atoms with E-state index < -0.39 is 0 Å². The fraction of sp³-hybridized carbons (Fsp3) is 0.381. The van der Waals surface area contributed by atoms with Crippen molar-refractivity contribution in [2.24, 2.45) is 4.99 Å². The van der Waals surface area contributed by atoms with Gasteiger partial charge in [0, 0.05) is 52.1 Å². The summed E-state index contributed by atoms with van der Waals surface area (Å²) in [5, 5.41) is 17.5. The number of likely N-dealkylation sites (tertiary alicyclic amines) is 1. The van der Waals surface area contributed by atoms with Gasteiger partial charge in [-0.2, -0.15) is 0 Å². The molecule has 2 aromatic carbocycles. The number of benzene rings is 2. The van der Waals surface area contributed by atoms with E-state index in [1.165, 1.54) is 6.07 Å². The molecule has 1 aliphatic rings. The molecule has 1 aliphatic heterocycles. The highest BCUT2D eigenvalue weighted by Gasteiger charge is 2.22. The Balaban J connectivity index is 0.00000320. The number of piperidine rings is 1. The van der Waals surface area contributed by atoms with Gasteiger partial charge in [-0.15, -0.1) is 24.0 Å². The Morgan fingerprint density at radius 1 is 1.13 bits per heavy atom. The van der Waals surface area contributed by atoms with Crippen LogP contribution in [-0.2, 0) is 0 Å². The molecule has 0 atom stereocenters. The Labute approximate surface area is 193 Å². The summed E-state index contributed by atoms with van der Waals surface area (Å²) in [6.07, 6.45) is 2.08. The highest BCUT2D eigenvalue weighted by atomic mass is 127. The second-order valence-electron chi connectivity index (χ2n) is 6.79. The predicted octanol–water partition coefficient (Wildman–Crippen LogP) is 3.74. The normalized spacial score (nSPS) is 14.6. The number of hydrogen-bond donors (Lipinski definition) is 2. The molecule has 3 rings (SSSR count). The number of halogens is 1. The van der Waals surface area contributed by atoms with Crippen molar-refractivity contribution in [1.82, 2.24) is 10.2 Å². The van der Waals surface area contributed by atoms with Crippen molar-refractivity contribution in [3.8, 4) is 5.75 Å². The third-order valence-electron chi connectivity index (χ3n) is 4.82. The molecule has 1 saturated heterocycles. The summed E-state index contributed by atoms with van der Waals surface area (Å²) in [4.78, 5) is 17.3. The molecule has 0 saturated carbocycles. The molecule has 0 amide bonds. The van der Waals surface area contributed by atoms with E-state index in [4.69, 9.17) is 4.74 Å². The number of ether oxygens (including phenoxy) is 1. The molecule has 0 spiro atoms. The fourth-order valence-electron chi connectivity index (χ4n) is 3.36. The Morgan fingerprint density at radius 2 is 1.80 bits per heavy atom. The molecule has 2 aromatic rings. The number of nitro groups is 1. The number of aliphatic imine (C=N–C) groups is 1. The van der Waals surface area contributed by atoms with E-state index in [9.17, 15) is 10.1 Å². The molecular weight excluding hydrogens is 497 g/mol. The Morgan fingerprint density at radius 3 is 2.47 bits per heavy atom. The number of hydrogen-bond acceptors (Lipinski definition) is 5. The van der Waals surface area contributed by atoms with Crippen LogP contribution in [0, 0.1) is 10.1 Å². The quantitative estimate of drug-likeness (QED) is 0.143. The van der Waals surface area contributed by atoms with Crippen LogP contribution in [-0.4, -0.2) is 55.1 Å². The van der Waals surface area contributed by atoms with Gasteiger partial charge < -0.3 is 20.3 Å². The zero-order chi connectivity index (χ0) is 20.5. The van der Waals surface area contributed by atoms with E-state index in [1.807, 2.05) is 30.3 Å². The van der Waals surface area contributed by atoms with Gasteiger partial charge in [-0.25, -0.2) is 0 Å². The van der Waals surface area contributed by atoms with E-state index in [1.54, 1.807) is 25.2 Å². The lowest BCUT2D eigenvalue weighted by atomic mass is 10.1. The Hall–Kier alpha value is -2.56. The summed E-state index contributed by atoms with van der Waals surface area (Å²) in [6.45, 7) is 2.90. The number of rotatable bonds is 7. The number of para-hydroxylation sites is 3. The first-order valence-electron chi connectivity index (χ1n) is 9.82. The van der Waals surface area contributed by atoms with Gasteiger partial charge in [0.25, 0.3) is 5.69 Å². The second kappa shape index (κ2) is 12.2. The molecule has 2 N–H and O–H groups in total.